The zero-order valence-electron chi connectivity index (χ0n) is 61.7. The maximum atomic E-state index is 14.5. The summed E-state index contributed by atoms with van der Waals surface area (Å²) in [5.41, 5.74) is 1.03. The lowest BCUT2D eigenvalue weighted by molar-refractivity contribution is -0.137. The van der Waals surface area contributed by atoms with Gasteiger partial charge < -0.3 is 48.2 Å². The first-order valence-corrected chi connectivity index (χ1v) is 38.6. The molecule has 3 saturated heterocycles. The van der Waals surface area contributed by atoms with E-state index in [1.807, 2.05) is 80.5 Å². The standard InChI is InChI=1S/C21H23ClFN3O4S.C19H20ClFN2O3.C18H18ClFN2O3.C14H16ClFO3.C6H3F4N.ClH/c1-13-4-7-20(24-11-13)26-8-2-3-14(26)12-30-19-10-18(23)16(9-17(19)22)21(27)25-31(28,29)15-5-6-15;1-12-5-6-18(22-10-12)23-7-3-4-13(23)11-26-17-9-16(21)14(8-15(17)20)19(24)25-2;1-11-4-5-17(21-9-11)22-6-2-3-12(22)10-25-16-8-15(20)13(18(23)24)7-14(16)19;1-18-14(17)10-6-11(15)13(7-12(10)16)19-8-9-4-2-3-5-9;7-5-2-1-4(3-11-5)6(8,9)10;/h4,7,9-11,14-15H,2-3,5-6,8,12H2,1H3,(H,25,27);5-6,8-10,13H,3-4,7,11H2,1-2H3;4-5,7-9,12H,2-3,6,10H2,1H3,(H,23,24);6-7,9H,2-5,8H2,1H3;1-3H;1H/t14-;13-;12-;;;/m111.../s1. The number of halogens is 13. The normalized spacial score (nSPS) is 16.5. The number of nitrogens with one attached hydrogen (secondary N) is 1. The molecule has 5 aliphatic rings. The van der Waals surface area contributed by atoms with Crippen molar-refractivity contribution in [2.45, 2.75) is 127 Å². The Balaban J connectivity index is 0.000000182. The first kappa shape index (κ1) is 89.4. The summed E-state index contributed by atoms with van der Waals surface area (Å²) in [7, 11) is -1.40. The van der Waals surface area contributed by atoms with E-state index in [1.165, 1.54) is 39.2 Å². The fraction of sp³-hybridized carbons (Fsp3) is 0.385. The van der Waals surface area contributed by atoms with E-state index in [2.05, 4.69) is 44.1 Å². The Morgan fingerprint density at radius 2 is 0.832 bits per heavy atom. The Morgan fingerprint density at radius 3 is 1.16 bits per heavy atom. The van der Waals surface area contributed by atoms with Crippen LogP contribution in [0.15, 0.2) is 122 Å². The average molecular weight is 1700 g/mol. The van der Waals surface area contributed by atoms with Crippen LogP contribution >= 0.6 is 58.8 Å². The Hall–Kier alpha value is -9.20. The number of aromatic carboxylic acids is 1. The quantitative estimate of drug-likeness (QED) is 0.0385. The molecule has 8 aromatic rings. The highest BCUT2D eigenvalue weighted by Crippen LogP contribution is 2.37. The highest BCUT2D eigenvalue weighted by molar-refractivity contribution is 7.91. The zero-order valence-corrected chi connectivity index (χ0v) is 66.4. The number of sulfonamides is 1. The number of rotatable bonds is 21. The number of carbonyl (C=O) groups is 4. The third-order valence-electron chi connectivity index (χ3n) is 18.6. The van der Waals surface area contributed by atoms with Crippen LogP contribution in [0.2, 0.25) is 20.1 Å². The number of nitrogens with zero attached hydrogens (tertiary/aromatic N) is 7. The third kappa shape index (κ3) is 25.1. The van der Waals surface area contributed by atoms with Gasteiger partial charge in [0.1, 0.15) is 83.5 Å². The maximum absolute atomic E-state index is 14.5. The van der Waals surface area contributed by atoms with E-state index in [4.69, 9.17) is 70.5 Å². The minimum Gasteiger partial charge on any atom is -0.492 e. The highest BCUT2D eigenvalue weighted by Gasteiger charge is 2.38. The van der Waals surface area contributed by atoms with E-state index >= 15 is 0 Å². The molecule has 21 nitrogen and oxygen atoms in total. The van der Waals surface area contributed by atoms with E-state index in [0.717, 1.165) is 142 Å². The van der Waals surface area contributed by atoms with Crippen LogP contribution in [-0.2, 0) is 25.7 Å². The number of carboxylic acids is 1. The first-order valence-electron chi connectivity index (χ1n) is 35.5. The number of pyridine rings is 4. The molecular formula is C78H81Cl5F8N8O13S. The number of hydrogen-bond acceptors (Lipinski definition) is 19. The number of carbonyl (C=O) groups excluding carboxylic acids is 3. The van der Waals surface area contributed by atoms with Crippen LogP contribution in [0.25, 0.3) is 0 Å². The topological polar surface area (TPSA) is 251 Å². The van der Waals surface area contributed by atoms with Crippen LogP contribution in [0.4, 0.5) is 52.6 Å². The second-order valence-electron chi connectivity index (χ2n) is 26.8. The second-order valence-corrected chi connectivity index (χ2v) is 30.4. The molecule has 0 spiro atoms. The maximum Gasteiger partial charge on any atom is 0.417 e. The average Bonchev–Trinajstić information content (AvgIpc) is 1.72. The zero-order chi connectivity index (χ0) is 81.1. The van der Waals surface area contributed by atoms with Gasteiger partial charge in [-0.2, -0.15) is 17.6 Å². The van der Waals surface area contributed by atoms with Crippen molar-refractivity contribution in [2.75, 3.05) is 75.0 Å². The van der Waals surface area contributed by atoms with E-state index < -0.39 is 91.2 Å². The van der Waals surface area contributed by atoms with Gasteiger partial charge >= 0.3 is 24.1 Å². The predicted molar refractivity (Wildman–Crippen MR) is 413 cm³/mol. The molecule has 2 aliphatic carbocycles. The van der Waals surface area contributed by atoms with Gasteiger partial charge in [-0.3, -0.25) is 4.79 Å². The molecule has 13 rings (SSSR count). The monoisotopic (exact) mass is 1700 g/mol. The number of amides is 1. The molecule has 113 heavy (non-hydrogen) atoms. The fourth-order valence-corrected chi connectivity index (χ4v) is 14.5. The van der Waals surface area contributed by atoms with E-state index in [9.17, 15) is 62.7 Å². The second kappa shape index (κ2) is 41.2. The van der Waals surface area contributed by atoms with Crippen molar-refractivity contribution < 1.29 is 96.2 Å². The minimum atomic E-state index is -4.44. The van der Waals surface area contributed by atoms with Crippen molar-refractivity contribution in [1.29, 1.82) is 0 Å². The summed E-state index contributed by atoms with van der Waals surface area (Å²) in [4.78, 5) is 68.7. The van der Waals surface area contributed by atoms with Gasteiger partial charge in [0, 0.05) is 68.7 Å². The molecule has 3 aliphatic heterocycles. The molecule has 0 unspecified atom stereocenters. The van der Waals surface area contributed by atoms with E-state index in [0.29, 0.717) is 56.9 Å². The molecule has 1 amide bonds. The summed E-state index contributed by atoms with van der Waals surface area (Å²) in [5, 5.41) is 8.83. The molecule has 4 aromatic heterocycles. The molecule has 5 fully saturated rings. The van der Waals surface area contributed by atoms with Gasteiger partial charge in [-0.05, 0) is 162 Å². The number of ether oxygens (including phenoxy) is 6. The molecule has 7 heterocycles. The smallest absolute Gasteiger partial charge is 0.417 e. The molecule has 2 N–H and O–H groups in total. The van der Waals surface area contributed by atoms with Gasteiger partial charge in [0.05, 0.1) is 92.1 Å². The molecule has 3 atom stereocenters. The van der Waals surface area contributed by atoms with Gasteiger partial charge in [0.15, 0.2) is 0 Å². The number of esters is 2. The summed E-state index contributed by atoms with van der Waals surface area (Å²) in [6.07, 6.45) is 13.0. The molecule has 0 bridgehead atoms. The van der Waals surface area contributed by atoms with Crippen molar-refractivity contribution in [3.8, 4) is 23.0 Å². The Kier molecular flexibility index (Phi) is 32.6. The summed E-state index contributed by atoms with van der Waals surface area (Å²) in [6, 6.07) is 22.5. The lowest BCUT2D eigenvalue weighted by Gasteiger charge is -2.26. The Labute approximate surface area is 674 Å². The van der Waals surface area contributed by atoms with Gasteiger partial charge in [0.25, 0.3) is 5.91 Å². The van der Waals surface area contributed by atoms with Crippen molar-refractivity contribution in [2.24, 2.45) is 5.92 Å². The lowest BCUT2D eigenvalue weighted by atomic mass is 10.1. The van der Waals surface area contributed by atoms with Gasteiger partial charge in [-0.25, -0.2) is 65.0 Å². The third-order valence-corrected chi connectivity index (χ3v) is 21.6. The lowest BCUT2D eigenvalue weighted by Crippen LogP contribution is -2.35. The summed E-state index contributed by atoms with van der Waals surface area (Å²) in [5.74, 6) is -4.12. The van der Waals surface area contributed by atoms with Crippen molar-refractivity contribution in [3.63, 3.8) is 0 Å². The summed E-state index contributed by atoms with van der Waals surface area (Å²) >= 11 is 24.3. The largest absolute Gasteiger partial charge is 0.492 e. The van der Waals surface area contributed by atoms with Crippen LogP contribution in [0.3, 0.4) is 0 Å². The van der Waals surface area contributed by atoms with Crippen LogP contribution in [0.5, 0.6) is 23.0 Å². The van der Waals surface area contributed by atoms with E-state index in [1.54, 1.807) is 0 Å². The molecular weight excluding hydrogens is 1620 g/mol. The van der Waals surface area contributed by atoms with Crippen molar-refractivity contribution in [3.05, 3.63) is 216 Å². The first-order chi connectivity index (χ1) is 53.3. The number of alkyl halides is 3. The summed E-state index contributed by atoms with van der Waals surface area (Å²) in [6.45, 7) is 10.1. The van der Waals surface area contributed by atoms with Crippen molar-refractivity contribution in [1.82, 2.24) is 24.7 Å². The molecule has 35 heteroatoms. The number of hydrogen-bond donors (Lipinski definition) is 2. The molecule has 4 aromatic carbocycles. The van der Waals surface area contributed by atoms with Crippen LogP contribution in [-0.4, -0.2) is 141 Å². The molecule has 2 saturated carbocycles. The number of benzene rings is 4. The van der Waals surface area contributed by atoms with Gasteiger partial charge in [-0.15, -0.1) is 12.4 Å². The van der Waals surface area contributed by atoms with Crippen LogP contribution < -0.4 is 38.4 Å². The van der Waals surface area contributed by atoms with Gasteiger partial charge in [0.2, 0.25) is 16.0 Å². The minimum absolute atomic E-state index is 0. The molecule has 608 valence electrons. The highest BCUT2D eigenvalue weighted by atomic mass is 35.5. The van der Waals surface area contributed by atoms with Crippen molar-refractivity contribution >= 4 is 110 Å². The van der Waals surface area contributed by atoms with Gasteiger partial charge in [-0.1, -0.05) is 77.4 Å². The number of anilines is 3. The predicted octanol–water partition coefficient (Wildman–Crippen LogP) is 17.9. The Bertz CT molecular complexity index is 4700. The van der Waals surface area contributed by atoms with Crippen LogP contribution in [0, 0.1) is 55.9 Å². The fourth-order valence-electron chi connectivity index (χ4n) is 12.4. The van der Waals surface area contributed by atoms with E-state index in [-0.39, 0.29) is 91.4 Å². The number of methoxy groups -OCH3 is 2. The Morgan fingerprint density at radius 1 is 0.478 bits per heavy atom. The summed E-state index contributed by atoms with van der Waals surface area (Å²) < 4.78 is 161. The number of aromatic nitrogens is 4. The van der Waals surface area contributed by atoms with Crippen LogP contribution in [0.1, 0.15) is 141 Å². The number of aryl methyl sites for hydroxylation is 3. The number of carboxylic acid groups (broad SMARTS) is 1. The molecule has 0 radical (unpaired) electrons. The SMILES string of the molecule is COC(=O)c1cc(Cl)c(OCC2CCCC2)cc1F.COC(=O)c1cc(Cl)c(OC[C@H]2CCCN2c2ccc(C)cn2)cc1F.Cc1ccc(N2CCC[C@@H]2COc2cc(F)c(C(=O)NS(=O)(=O)C3CC3)cc2Cl)nc1.Cc1ccc(N2CCC[C@@H]2COc2cc(F)c(C(=O)O)cc2Cl)nc1.Cl.Fc1ccc(C(F)(F)F)cn1.